The van der Waals surface area contributed by atoms with E-state index >= 15 is 0 Å². The molecule has 0 fully saturated rings. The molecule has 0 bridgehead atoms. The predicted molar refractivity (Wildman–Crippen MR) is 112 cm³/mol. The minimum absolute atomic E-state index is 0.701. The van der Waals surface area contributed by atoms with E-state index in [-0.39, 0.29) is 0 Å². The van der Waals surface area contributed by atoms with Crippen LogP contribution in [0.5, 0.6) is 11.5 Å². The Balaban J connectivity index is 1.73. The Labute approximate surface area is 164 Å². The lowest BCUT2D eigenvalue weighted by atomic mass is 10.1. The van der Waals surface area contributed by atoms with Gasteiger partial charge in [-0.1, -0.05) is 63.1 Å². The minimum Gasteiger partial charge on any atom is -0.493 e. The van der Waals surface area contributed by atoms with Crippen molar-refractivity contribution in [3.63, 3.8) is 0 Å². The Morgan fingerprint density at radius 1 is 0.593 bits per heavy atom. The van der Waals surface area contributed by atoms with Crippen molar-refractivity contribution in [3.05, 3.63) is 59.7 Å². The van der Waals surface area contributed by atoms with Crippen molar-refractivity contribution in [2.45, 2.75) is 52.4 Å². The van der Waals surface area contributed by atoms with E-state index in [2.05, 4.69) is 50.2 Å². The molecule has 0 N–H and O–H groups in total. The number of unbranched alkanes of at least 4 members (excludes halogenated alkanes) is 2. The van der Waals surface area contributed by atoms with E-state index < -0.39 is 0 Å². The van der Waals surface area contributed by atoms with Gasteiger partial charge in [0.2, 0.25) is 0 Å². The summed E-state index contributed by atoms with van der Waals surface area (Å²) in [6, 6.07) is 16.5. The lowest BCUT2D eigenvalue weighted by molar-refractivity contribution is 0.139. The van der Waals surface area contributed by atoms with Crippen LogP contribution in [0.2, 0.25) is 0 Å². The SMILES string of the molecule is CCCCOc1ccccc1CCOCCc1ccccc1OCCCC. The Bertz CT molecular complexity index is 584. The second-order valence-corrected chi connectivity index (χ2v) is 6.73. The van der Waals surface area contributed by atoms with Crippen molar-refractivity contribution in [2.24, 2.45) is 0 Å². The second-order valence-electron chi connectivity index (χ2n) is 6.73. The molecule has 0 unspecified atom stereocenters. The molecule has 0 aliphatic heterocycles. The monoisotopic (exact) mass is 370 g/mol. The summed E-state index contributed by atoms with van der Waals surface area (Å²) in [6.45, 7) is 7.32. The summed E-state index contributed by atoms with van der Waals surface area (Å²) in [6.07, 6.45) is 6.22. The molecular weight excluding hydrogens is 336 g/mol. The fourth-order valence-electron chi connectivity index (χ4n) is 2.82. The summed E-state index contributed by atoms with van der Waals surface area (Å²) in [5.41, 5.74) is 2.44. The molecule has 27 heavy (non-hydrogen) atoms. The van der Waals surface area contributed by atoms with Crippen LogP contribution in [-0.4, -0.2) is 26.4 Å². The molecule has 0 aliphatic rings. The van der Waals surface area contributed by atoms with Crippen LogP contribution in [0.4, 0.5) is 0 Å². The van der Waals surface area contributed by atoms with E-state index in [9.17, 15) is 0 Å². The molecule has 3 heteroatoms. The van der Waals surface area contributed by atoms with Crippen LogP contribution in [0.25, 0.3) is 0 Å². The number of ether oxygens (including phenoxy) is 3. The second kappa shape index (κ2) is 13.2. The number of hydrogen-bond donors (Lipinski definition) is 0. The van der Waals surface area contributed by atoms with Crippen molar-refractivity contribution in [3.8, 4) is 11.5 Å². The molecule has 0 spiro atoms. The van der Waals surface area contributed by atoms with E-state index in [0.717, 1.165) is 63.2 Å². The summed E-state index contributed by atoms with van der Waals surface area (Å²) in [7, 11) is 0. The van der Waals surface area contributed by atoms with Crippen molar-refractivity contribution in [1.82, 2.24) is 0 Å². The third-order valence-corrected chi connectivity index (χ3v) is 4.49. The number of benzene rings is 2. The van der Waals surface area contributed by atoms with Crippen LogP contribution in [0.1, 0.15) is 50.7 Å². The highest BCUT2D eigenvalue weighted by Gasteiger charge is 2.05. The number of para-hydroxylation sites is 2. The third-order valence-electron chi connectivity index (χ3n) is 4.49. The van der Waals surface area contributed by atoms with Crippen LogP contribution >= 0.6 is 0 Å². The van der Waals surface area contributed by atoms with Gasteiger partial charge in [0.25, 0.3) is 0 Å². The van der Waals surface area contributed by atoms with Gasteiger partial charge in [-0.3, -0.25) is 0 Å². The predicted octanol–water partition coefficient (Wildman–Crippen LogP) is 5.85. The highest BCUT2D eigenvalue weighted by Crippen LogP contribution is 2.20. The summed E-state index contributed by atoms with van der Waals surface area (Å²) in [5, 5.41) is 0. The van der Waals surface area contributed by atoms with Crippen LogP contribution in [-0.2, 0) is 17.6 Å². The first-order chi connectivity index (χ1) is 13.3. The third kappa shape index (κ3) is 8.04. The van der Waals surface area contributed by atoms with Gasteiger partial charge < -0.3 is 14.2 Å². The average Bonchev–Trinajstić information content (AvgIpc) is 2.70. The molecule has 2 aromatic rings. The maximum atomic E-state index is 5.89. The molecule has 2 rings (SSSR count). The topological polar surface area (TPSA) is 27.7 Å². The van der Waals surface area contributed by atoms with Crippen LogP contribution in [0, 0.1) is 0 Å². The van der Waals surface area contributed by atoms with Gasteiger partial charge in [-0.25, -0.2) is 0 Å². The molecule has 0 saturated carbocycles. The van der Waals surface area contributed by atoms with Crippen molar-refractivity contribution in [1.29, 1.82) is 0 Å². The standard InChI is InChI=1S/C24H34O3/c1-3-5-17-26-23-13-9-7-11-21(23)15-19-25-20-16-22-12-8-10-14-24(22)27-18-6-4-2/h7-14H,3-6,15-20H2,1-2H3. The molecule has 0 radical (unpaired) electrons. The van der Waals surface area contributed by atoms with Crippen LogP contribution in [0.3, 0.4) is 0 Å². The number of hydrogen-bond acceptors (Lipinski definition) is 3. The zero-order valence-electron chi connectivity index (χ0n) is 16.9. The molecule has 0 heterocycles. The van der Waals surface area contributed by atoms with E-state index in [0.29, 0.717) is 13.2 Å². The highest BCUT2D eigenvalue weighted by molar-refractivity contribution is 5.34. The summed E-state index contributed by atoms with van der Waals surface area (Å²) in [5.74, 6) is 1.98. The zero-order valence-corrected chi connectivity index (χ0v) is 16.9. The largest absolute Gasteiger partial charge is 0.493 e. The van der Waals surface area contributed by atoms with Gasteiger partial charge in [0.1, 0.15) is 11.5 Å². The van der Waals surface area contributed by atoms with Crippen molar-refractivity contribution < 1.29 is 14.2 Å². The molecule has 0 amide bonds. The van der Waals surface area contributed by atoms with Gasteiger partial charge in [-0.15, -0.1) is 0 Å². The first-order valence-corrected chi connectivity index (χ1v) is 10.3. The Hall–Kier alpha value is -2.00. The normalized spacial score (nSPS) is 10.7. The molecule has 0 saturated heterocycles. The van der Waals surface area contributed by atoms with E-state index in [4.69, 9.17) is 14.2 Å². The van der Waals surface area contributed by atoms with Crippen LogP contribution < -0.4 is 9.47 Å². The Kier molecular flexibility index (Phi) is 10.4. The smallest absolute Gasteiger partial charge is 0.122 e. The summed E-state index contributed by atoms with van der Waals surface area (Å²) < 4.78 is 17.7. The quantitative estimate of drug-likeness (QED) is 0.391. The summed E-state index contributed by atoms with van der Waals surface area (Å²) in [4.78, 5) is 0. The molecule has 2 aromatic carbocycles. The lowest BCUT2D eigenvalue weighted by Crippen LogP contribution is -2.06. The number of rotatable bonds is 14. The molecule has 3 nitrogen and oxygen atoms in total. The molecule has 0 aliphatic carbocycles. The fourth-order valence-corrected chi connectivity index (χ4v) is 2.82. The van der Waals surface area contributed by atoms with Crippen molar-refractivity contribution in [2.75, 3.05) is 26.4 Å². The first kappa shape index (κ1) is 21.3. The highest BCUT2D eigenvalue weighted by atomic mass is 16.5. The van der Waals surface area contributed by atoms with Gasteiger partial charge in [0, 0.05) is 0 Å². The summed E-state index contributed by atoms with van der Waals surface area (Å²) >= 11 is 0. The maximum Gasteiger partial charge on any atom is 0.122 e. The Morgan fingerprint density at radius 3 is 1.48 bits per heavy atom. The van der Waals surface area contributed by atoms with E-state index in [1.807, 2.05) is 12.1 Å². The van der Waals surface area contributed by atoms with E-state index in [1.165, 1.54) is 11.1 Å². The lowest BCUT2D eigenvalue weighted by Gasteiger charge is -2.13. The molecule has 0 atom stereocenters. The molecule has 0 aromatic heterocycles. The van der Waals surface area contributed by atoms with Gasteiger partial charge in [-0.05, 0) is 48.9 Å². The average molecular weight is 371 g/mol. The van der Waals surface area contributed by atoms with Crippen LogP contribution in [0.15, 0.2) is 48.5 Å². The zero-order chi connectivity index (χ0) is 19.2. The molecule has 148 valence electrons. The maximum absolute atomic E-state index is 5.89. The van der Waals surface area contributed by atoms with Crippen molar-refractivity contribution >= 4 is 0 Å². The fraction of sp³-hybridized carbons (Fsp3) is 0.500. The first-order valence-electron chi connectivity index (χ1n) is 10.3. The molecular formula is C24H34O3. The minimum atomic E-state index is 0.701. The van der Waals surface area contributed by atoms with Gasteiger partial charge in [0.05, 0.1) is 26.4 Å². The van der Waals surface area contributed by atoms with Gasteiger partial charge >= 0.3 is 0 Å². The van der Waals surface area contributed by atoms with Gasteiger partial charge in [-0.2, -0.15) is 0 Å². The van der Waals surface area contributed by atoms with E-state index in [1.54, 1.807) is 0 Å². The Morgan fingerprint density at radius 2 is 1.04 bits per heavy atom. The van der Waals surface area contributed by atoms with Gasteiger partial charge in [0.15, 0.2) is 0 Å².